The normalized spacial score (nSPS) is 10.6. The van der Waals surface area contributed by atoms with Crippen molar-refractivity contribution in [3.05, 3.63) is 203 Å². The highest BCUT2D eigenvalue weighted by atomic mass is 16.5. The lowest BCUT2D eigenvalue weighted by atomic mass is 9.85. The second kappa shape index (κ2) is 14.0. The number of benzene rings is 6. The van der Waals surface area contributed by atoms with Crippen LogP contribution in [0.15, 0.2) is 164 Å². The highest BCUT2D eigenvalue weighted by molar-refractivity contribution is 5.92. The molecule has 6 aromatic carbocycles. The molecular formula is C40H27O6. The molecule has 0 spiro atoms. The molecule has 0 fully saturated rings. The molecule has 6 heteroatoms. The van der Waals surface area contributed by atoms with Gasteiger partial charge in [-0.2, -0.15) is 0 Å². The van der Waals surface area contributed by atoms with Crippen molar-refractivity contribution in [1.82, 2.24) is 0 Å². The van der Waals surface area contributed by atoms with Crippen LogP contribution in [0.25, 0.3) is 0 Å². The highest BCUT2D eigenvalue weighted by Crippen LogP contribution is 2.34. The summed E-state index contributed by atoms with van der Waals surface area (Å²) in [5, 5.41) is 0. The summed E-state index contributed by atoms with van der Waals surface area (Å²) < 4.78 is 16.7. The van der Waals surface area contributed by atoms with Gasteiger partial charge in [-0.25, -0.2) is 14.4 Å². The molecule has 0 saturated heterocycles. The molecule has 6 rings (SSSR count). The van der Waals surface area contributed by atoms with E-state index in [1.54, 1.807) is 109 Å². The summed E-state index contributed by atoms with van der Waals surface area (Å²) in [7, 11) is 0. The number of ether oxygens (including phenoxy) is 3. The zero-order valence-electron chi connectivity index (χ0n) is 24.5. The minimum atomic E-state index is -0.446. The van der Waals surface area contributed by atoms with Gasteiger partial charge in [0.25, 0.3) is 0 Å². The van der Waals surface area contributed by atoms with Crippen LogP contribution in [0.5, 0.6) is 17.2 Å². The van der Waals surface area contributed by atoms with Crippen molar-refractivity contribution in [1.29, 1.82) is 0 Å². The van der Waals surface area contributed by atoms with E-state index in [0.717, 1.165) is 22.6 Å². The van der Waals surface area contributed by atoms with E-state index in [0.29, 0.717) is 33.9 Å². The van der Waals surface area contributed by atoms with Crippen LogP contribution < -0.4 is 14.2 Å². The SMILES string of the molecule is O=C(Oc1ccc([C](c2ccc(OC(=O)c3ccccc3)cc2)c2ccc(OC(=O)c3ccccc3)cc2)cc1)c1ccccc1. The minimum Gasteiger partial charge on any atom is -0.423 e. The van der Waals surface area contributed by atoms with Gasteiger partial charge in [0.2, 0.25) is 0 Å². The molecule has 0 heterocycles. The first-order valence-electron chi connectivity index (χ1n) is 14.5. The largest absolute Gasteiger partial charge is 0.423 e. The van der Waals surface area contributed by atoms with E-state index in [4.69, 9.17) is 14.2 Å². The van der Waals surface area contributed by atoms with Gasteiger partial charge >= 0.3 is 17.9 Å². The molecule has 0 aliphatic heterocycles. The zero-order chi connectivity index (χ0) is 31.7. The fourth-order valence-electron chi connectivity index (χ4n) is 4.79. The van der Waals surface area contributed by atoms with Crippen molar-refractivity contribution in [2.45, 2.75) is 0 Å². The van der Waals surface area contributed by atoms with E-state index in [1.807, 2.05) is 54.6 Å². The van der Waals surface area contributed by atoms with Crippen LogP contribution in [0.3, 0.4) is 0 Å². The summed E-state index contributed by atoms with van der Waals surface area (Å²) in [6.07, 6.45) is 0. The molecule has 1 radical (unpaired) electrons. The lowest BCUT2D eigenvalue weighted by molar-refractivity contribution is 0.0725. The highest BCUT2D eigenvalue weighted by Gasteiger charge is 2.20. The van der Waals surface area contributed by atoms with Crippen molar-refractivity contribution >= 4 is 17.9 Å². The molecule has 223 valence electrons. The average molecular weight is 604 g/mol. The molecule has 46 heavy (non-hydrogen) atoms. The molecule has 0 aliphatic carbocycles. The molecule has 0 atom stereocenters. The number of esters is 3. The van der Waals surface area contributed by atoms with Gasteiger partial charge < -0.3 is 14.2 Å². The van der Waals surface area contributed by atoms with E-state index < -0.39 is 17.9 Å². The maximum Gasteiger partial charge on any atom is 0.343 e. The van der Waals surface area contributed by atoms with E-state index in [-0.39, 0.29) is 0 Å². The van der Waals surface area contributed by atoms with Crippen LogP contribution in [-0.4, -0.2) is 17.9 Å². The number of rotatable bonds is 9. The lowest BCUT2D eigenvalue weighted by Gasteiger charge is -2.19. The first-order chi connectivity index (χ1) is 22.5. The maximum absolute atomic E-state index is 12.6. The lowest BCUT2D eigenvalue weighted by Crippen LogP contribution is -2.10. The molecule has 0 bridgehead atoms. The Hall–Kier alpha value is -6.27. The zero-order valence-corrected chi connectivity index (χ0v) is 24.5. The third-order valence-electron chi connectivity index (χ3n) is 7.09. The van der Waals surface area contributed by atoms with Gasteiger partial charge in [-0.3, -0.25) is 0 Å². The topological polar surface area (TPSA) is 78.9 Å². The second-order valence-corrected chi connectivity index (χ2v) is 10.2. The van der Waals surface area contributed by atoms with Gasteiger partial charge in [0.15, 0.2) is 0 Å². The van der Waals surface area contributed by atoms with Crippen molar-refractivity contribution in [2.24, 2.45) is 0 Å². The summed E-state index contributed by atoms with van der Waals surface area (Å²) in [4.78, 5) is 37.7. The molecule has 0 amide bonds. The monoisotopic (exact) mass is 603 g/mol. The van der Waals surface area contributed by atoms with Crippen LogP contribution in [0, 0.1) is 5.92 Å². The van der Waals surface area contributed by atoms with E-state index >= 15 is 0 Å². The molecule has 0 saturated carbocycles. The summed E-state index contributed by atoms with van der Waals surface area (Å²) in [6, 6.07) is 48.0. The van der Waals surface area contributed by atoms with Gasteiger partial charge in [-0.05, 0) is 89.5 Å². The summed E-state index contributed by atoms with van der Waals surface area (Å²) in [5.41, 5.74) is 3.92. The van der Waals surface area contributed by atoms with Crippen LogP contribution in [-0.2, 0) is 0 Å². The van der Waals surface area contributed by atoms with Crippen LogP contribution in [0.2, 0.25) is 0 Å². The number of carbonyl (C=O) groups is 3. The summed E-state index contributed by atoms with van der Waals surface area (Å²) in [5.74, 6) is 0.745. The van der Waals surface area contributed by atoms with Gasteiger partial charge in [-0.15, -0.1) is 0 Å². The quantitative estimate of drug-likeness (QED) is 0.0939. The van der Waals surface area contributed by atoms with E-state index in [1.165, 1.54) is 0 Å². The molecule has 0 unspecified atom stereocenters. The Labute approximate surface area is 266 Å². The van der Waals surface area contributed by atoms with Crippen molar-refractivity contribution in [2.75, 3.05) is 0 Å². The summed E-state index contributed by atoms with van der Waals surface area (Å²) in [6.45, 7) is 0. The fourth-order valence-corrected chi connectivity index (χ4v) is 4.79. The van der Waals surface area contributed by atoms with Crippen molar-refractivity contribution in [3.63, 3.8) is 0 Å². The maximum atomic E-state index is 12.6. The van der Waals surface area contributed by atoms with Crippen LogP contribution in [0.1, 0.15) is 47.8 Å². The molecule has 6 aromatic rings. The standard InChI is InChI=1S/C40H27O6/c41-38(31-10-4-1-5-11-31)44-34-22-16-28(17-23-34)37(29-18-24-35(25-19-29)45-39(42)32-12-6-2-7-13-32)30-20-26-36(27-21-30)46-40(43)33-14-8-3-9-15-33/h1-27H. The Morgan fingerprint density at radius 2 is 0.522 bits per heavy atom. The van der Waals surface area contributed by atoms with Gasteiger partial charge in [0, 0.05) is 0 Å². The van der Waals surface area contributed by atoms with Crippen molar-refractivity contribution < 1.29 is 28.6 Å². The average Bonchev–Trinajstić information content (AvgIpc) is 3.11. The smallest absolute Gasteiger partial charge is 0.343 e. The minimum absolute atomic E-state index is 0.406. The molecule has 0 aromatic heterocycles. The third-order valence-corrected chi connectivity index (χ3v) is 7.09. The summed E-state index contributed by atoms with van der Waals surface area (Å²) >= 11 is 0. The van der Waals surface area contributed by atoms with E-state index in [9.17, 15) is 14.4 Å². The first kappa shape index (κ1) is 29.8. The van der Waals surface area contributed by atoms with Crippen LogP contribution >= 0.6 is 0 Å². The van der Waals surface area contributed by atoms with Crippen LogP contribution in [0.4, 0.5) is 0 Å². The van der Waals surface area contributed by atoms with Gasteiger partial charge in [-0.1, -0.05) is 91.0 Å². The number of hydrogen-bond acceptors (Lipinski definition) is 6. The predicted molar refractivity (Wildman–Crippen MR) is 174 cm³/mol. The number of hydrogen-bond donors (Lipinski definition) is 0. The van der Waals surface area contributed by atoms with Gasteiger partial charge in [0.1, 0.15) is 17.2 Å². The van der Waals surface area contributed by atoms with E-state index in [2.05, 4.69) is 0 Å². The predicted octanol–water partition coefficient (Wildman–Crippen LogP) is 8.36. The molecule has 0 aliphatic rings. The Kier molecular flexibility index (Phi) is 9.07. The first-order valence-corrected chi connectivity index (χ1v) is 14.5. The Morgan fingerprint density at radius 3 is 0.761 bits per heavy atom. The Balaban J connectivity index is 1.25. The second-order valence-electron chi connectivity index (χ2n) is 10.2. The Bertz CT molecular complexity index is 1690. The Morgan fingerprint density at radius 1 is 0.283 bits per heavy atom. The molecular weight excluding hydrogens is 576 g/mol. The third kappa shape index (κ3) is 7.26. The number of carbonyl (C=O) groups excluding carboxylic acids is 3. The fraction of sp³-hybridized carbons (Fsp3) is 0. The molecule has 6 nitrogen and oxygen atoms in total. The van der Waals surface area contributed by atoms with Gasteiger partial charge in [0.05, 0.1) is 22.6 Å². The molecule has 0 N–H and O–H groups in total. The van der Waals surface area contributed by atoms with Crippen molar-refractivity contribution in [3.8, 4) is 17.2 Å².